The van der Waals surface area contributed by atoms with Crippen LogP contribution in [0, 0.1) is 5.82 Å². The van der Waals surface area contributed by atoms with Crippen LogP contribution < -0.4 is 5.32 Å². The zero-order valence-corrected chi connectivity index (χ0v) is 11.2. The molecule has 0 aromatic heterocycles. The van der Waals surface area contributed by atoms with Crippen molar-refractivity contribution in [2.45, 2.75) is 25.9 Å². The van der Waals surface area contributed by atoms with Crippen LogP contribution in [0.2, 0.25) is 5.02 Å². The number of nitrogens with zero attached hydrogens (tertiary/aromatic N) is 1. The first kappa shape index (κ1) is 13.8. The highest BCUT2D eigenvalue weighted by Crippen LogP contribution is 2.21. The number of benzene rings is 1. The van der Waals surface area contributed by atoms with Crippen molar-refractivity contribution in [3.05, 3.63) is 34.6 Å². The lowest BCUT2D eigenvalue weighted by molar-refractivity contribution is -0.132. The molecule has 1 fully saturated rings. The van der Waals surface area contributed by atoms with Crippen LogP contribution in [0.4, 0.5) is 4.39 Å². The van der Waals surface area contributed by atoms with Gasteiger partial charge in [0.05, 0.1) is 11.6 Å². The molecular formula is C13H14ClFN2O2. The zero-order valence-electron chi connectivity index (χ0n) is 10.5. The second kappa shape index (κ2) is 5.57. The summed E-state index contributed by atoms with van der Waals surface area (Å²) in [6, 6.07) is 4.41. The van der Waals surface area contributed by atoms with Gasteiger partial charge in [0.2, 0.25) is 11.8 Å². The molecule has 1 N–H and O–H groups in total. The molecule has 1 atom stereocenters. The van der Waals surface area contributed by atoms with Crippen LogP contribution in [0.3, 0.4) is 0 Å². The van der Waals surface area contributed by atoms with Crippen LogP contribution in [-0.2, 0) is 16.1 Å². The second-order valence-corrected chi connectivity index (χ2v) is 4.97. The quantitative estimate of drug-likeness (QED) is 0.899. The fourth-order valence-electron chi connectivity index (χ4n) is 2.07. The molecule has 0 spiro atoms. The molecule has 0 aliphatic carbocycles. The summed E-state index contributed by atoms with van der Waals surface area (Å²) in [5.74, 6) is -0.916. The van der Waals surface area contributed by atoms with Gasteiger partial charge in [-0.1, -0.05) is 23.7 Å². The molecule has 19 heavy (non-hydrogen) atoms. The Morgan fingerprint density at radius 2 is 2.21 bits per heavy atom. The van der Waals surface area contributed by atoms with Gasteiger partial charge in [-0.15, -0.1) is 0 Å². The normalized spacial score (nSPS) is 20.2. The number of hydrogen-bond acceptors (Lipinski definition) is 2. The number of amides is 2. The molecule has 1 saturated heterocycles. The zero-order chi connectivity index (χ0) is 14.0. The molecule has 2 rings (SSSR count). The molecule has 2 amide bonds. The van der Waals surface area contributed by atoms with E-state index in [0.29, 0.717) is 5.56 Å². The molecule has 6 heteroatoms. The highest BCUT2D eigenvalue weighted by Gasteiger charge is 2.27. The molecule has 1 aromatic rings. The fourth-order valence-corrected chi connectivity index (χ4v) is 2.26. The Bertz CT molecular complexity index is 521. The van der Waals surface area contributed by atoms with Gasteiger partial charge in [-0.3, -0.25) is 9.59 Å². The molecule has 102 valence electrons. The Morgan fingerprint density at radius 1 is 1.47 bits per heavy atom. The lowest BCUT2D eigenvalue weighted by Crippen LogP contribution is -2.39. The van der Waals surface area contributed by atoms with Crippen molar-refractivity contribution in [2.75, 3.05) is 6.54 Å². The summed E-state index contributed by atoms with van der Waals surface area (Å²) in [5.41, 5.74) is 0.349. The van der Waals surface area contributed by atoms with Gasteiger partial charge >= 0.3 is 0 Å². The number of hydrogen-bond donors (Lipinski definition) is 1. The summed E-state index contributed by atoms with van der Waals surface area (Å²) in [6.07, 6.45) is 0.216. The Hall–Kier alpha value is -1.62. The van der Waals surface area contributed by atoms with E-state index in [1.165, 1.54) is 11.0 Å². The maximum Gasteiger partial charge on any atom is 0.242 e. The minimum Gasteiger partial charge on any atom is -0.347 e. The Labute approximate surface area is 115 Å². The van der Waals surface area contributed by atoms with E-state index in [1.54, 1.807) is 19.1 Å². The van der Waals surface area contributed by atoms with Crippen molar-refractivity contribution in [1.82, 2.24) is 10.2 Å². The number of halogens is 2. The van der Waals surface area contributed by atoms with E-state index in [0.717, 1.165) is 0 Å². The van der Waals surface area contributed by atoms with Crippen LogP contribution in [0.5, 0.6) is 0 Å². The number of carbonyl (C=O) groups is 2. The van der Waals surface area contributed by atoms with E-state index in [4.69, 9.17) is 11.6 Å². The first-order valence-corrected chi connectivity index (χ1v) is 6.36. The maximum absolute atomic E-state index is 13.8. The van der Waals surface area contributed by atoms with Crippen LogP contribution in [-0.4, -0.2) is 29.3 Å². The summed E-state index contributed by atoms with van der Waals surface area (Å²) >= 11 is 5.71. The minimum atomic E-state index is -0.521. The van der Waals surface area contributed by atoms with Gasteiger partial charge in [-0.05, 0) is 13.0 Å². The van der Waals surface area contributed by atoms with Gasteiger partial charge in [-0.2, -0.15) is 0 Å². The third-order valence-corrected chi connectivity index (χ3v) is 3.43. The van der Waals surface area contributed by atoms with Crippen LogP contribution in [0.15, 0.2) is 18.2 Å². The molecule has 1 aliphatic rings. The topological polar surface area (TPSA) is 49.4 Å². The average Bonchev–Trinajstić information content (AvgIpc) is 2.47. The van der Waals surface area contributed by atoms with Gasteiger partial charge in [0.1, 0.15) is 5.82 Å². The van der Waals surface area contributed by atoms with Gasteiger partial charge in [-0.25, -0.2) is 4.39 Å². The van der Waals surface area contributed by atoms with Crippen LogP contribution in [0.25, 0.3) is 0 Å². The van der Waals surface area contributed by atoms with Crippen LogP contribution >= 0.6 is 11.6 Å². The molecular weight excluding hydrogens is 271 g/mol. The SMILES string of the molecule is CC1CC(=O)NCC(=O)N1Cc1cccc(Cl)c1F. The van der Waals surface area contributed by atoms with E-state index < -0.39 is 5.82 Å². The van der Waals surface area contributed by atoms with E-state index in [1.807, 2.05) is 0 Å². The second-order valence-electron chi connectivity index (χ2n) is 4.56. The monoisotopic (exact) mass is 284 g/mol. The van der Waals surface area contributed by atoms with Crippen molar-refractivity contribution in [1.29, 1.82) is 0 Å². The molecule has 0 bridgehead atoms. The van der Waals surface area contributed by atoms with E-state index in [2.05, 4.69) is 5.32 Å². The third-order valence-electron chi connectivity index (χ3n) is 3.14. The third kappa shape index (κ3) is 3.04. The van der Waals surface area contributed by atoms with E-state index >= 15 is 0 Å². The number of carbonyl (C=O) groups excluding carboxylic acids is 2. The summed E-state index contributed by atoms with van der Waals surface area (Å²) in [4.78, 5) is 24.8. The van der Waals surface area contributed by atoms with Crippen molar-refractivity contribution >= 4 is 23.4 Å². The first-order chi connectivity index (χ1) is 8.99. The molecule has 1 aliphatic heterocycles. The van der Waals surface area contributed by atoms with Gasteiger partial charge < -0.3 is 10.2 Å². The highest BCUT2D eigenvalue weighted by atomic mass is 35.5. The number of rotatable bonds is 2. The van der Waals surface area contributed by atoms with Crippen molar-refractivity contribution < 1.29 is 14.0 Å². The number of nitrogens with one attached hydrogen (secondary N) is 1. The summed E-state index contributed by atoms with van der Waals surface area (Å²) < 4.78 is 13.8. The Kier molecular flexibility index (Phi) is 4.04. The molecule has 4 nitrogen and oxygen atoms in total. The molecule has 1 unspecified atom stereocenters. The molecule has 1 aromatic carbocycles. The van der Waals surface area contributed by atoms with Crippen molar-refractivity contribution in [2.24, 2.45) is 0 Å². The van der Waals surface area contributed by atoms with Crippen molar-refractivity contribution in [3.63, 3.8) is 0 Å². The molecule has 0 radical (unpaired) electrons. The lowest BCUT2D eigenvalue weighted by Gasteiger charge is -2.26. The predicted octanol–water partition coefficient (Wildman–Crippen LogP) is 1.72. The standard InChI is InChI=1S/C13H14ClFN2O2/c1-8-5-11(18)16-6-12(19)17(8)7-9-3-2-4-10(14)13(9)15/h2-4,8H,5-7H2,1H3,(H,16,18). The summed E-state index contributed by atoms with van der Waals surface area (Å²) in [6.45, 7) is 1.83. The minimum absolute atomic E-state index is 0.0293. The van der Waals surface area contributed by atoms with Crippen molar-refractivity contribution in [3.8, 4) is 0 Å². The van der Waals surface area contributed by atoms with Crippen LogP contribution in [0.1, 0.15) is 18.9 Å². The van der Waals surface area contributed by atoms with Gasteiger partial charge in [0.25, 0.3) is 0 Å². The Morgan fingerprint density at radius 3 is 2.95 bits per heavy atom. The fraction of sp³-hybridized carbons (Fsp3) is 0.385. The summed E-state index contributed by atoms with van der Waals surface area (Å²) in [5, 5.41) is 2.55. The highest BCUT2D eigenvalue weighted by molar-refractivity contribution is 6.30. The van der Waals surface area contributed by atoms with E-state index in [-0.39, 0.29) is 42.4 Å². The average molecular weight is 285 g/mol. The summed E-state index contributed by atoms with van der Waals surface area (Å²) in [7, 11) is 0. The molecule has 1 heterocycles. The lowest BCUT2D eigenvalue weighted by atomic mass is 10.1. The Balaban J connectivity index is 2.22. The van der Waals surface area contributed by atoms with Gasteiger partial charge in [0, 0.05) is 24.6 Å². The maximum atomic E-state index is 13.8. The predicted molar refractivity (Wildman–Crippen MR) is 69.0 cm³/mol. The van der Waals surface area contributed by atoms with E-state index in [9.17, 15) is 14.0 Å². The smallest absolute Gasteiger partial charge is 0.242 e. The first-order valence-electron chi connectivity index (χ1n) is 5.98. The van der Waals surface area contributed by atoms with Gasteiger partial charge in [0.15, 0.2) is 0 Å². The molecule has 0 saturated carbocycles. The largest absolute Gasteiger partial charge is 0.347 e.